The Morgan fingerprint density at radius 1 is 0.867 bits per heavy atom. The van der Waals surface area contributed by atoms with E-state index in [-0.39, 0.29) is 16.3 Å². The molecular formula is C21H19N3O5S. The summed E-state index contributed by atoms with van der Waals surface area (Å²) in [5.74, 6) is -0.459. The molecule has 30 heavy (non-hydrogen) atoms. The number of para-hydroxylation sites is 1. The van der Waals surface area contributed by atoms with E-state index in [0.29, 0.717) is 5.69 Å². The summed E-state index contributed by atoms with van der Waals surface area (Å²) in [6, 6.07) is 21.6. The number of amides is 1. The van der Waals surface area contributed by atoms with Crippen LogP contribution in [0, 0.1) is 10.1 Å². The number of carbonyl (C=O) groups excluding carboxylic acids is 1. The normalized spacial score (nSPS) is 11.0. The van der Waals surface area contributed by atoms with Crippen molar-refractivity contribution in [2.75, 3.05) is 22.8 Å². The second-order valence-electron chi connectivity index (χ2n) is 6.39. The number of non-ortho nitro benzene ring substituents is 1. The molecule has 3 aromatic rings. The van der Waals surface area contributed by atoms with Crippen molar-refractivity contribution in [2.45, 2.75) is 4.90 Å². The van der Waals surface area contributed by atoms with Gasteiger partial charge in [0.1, 0.15) is 6.54 Å². The van der Waals surface area contributed by atoms with Crippen molar-refractivity contribution in [2.24, 2.45) is 0 Å². The minimum absolute atomic E-state index is 0.0125. The average molecular weight is 425 g/mol. The SMILES string of the molecule is CN(C(=O)CN(c1ccc([N+](=O)[O-])cc1)S(=O)(=O)c1ccccc1)c1ccccc1. The molecule has 0 fully saturated rings. The summed E-state index contributed by atoms with van der Waals surface area (Å²) in [4.78, 5) is 24.6. The van der Waals surface area contributed by atoms with Gasteiger partial charge in [0.15, 0.2) is 0 Å². The first kappa shape index (κ1) is 21.0. The zero-order valence-corrected chi connectivity index (χ0v) is 16.9. The molecule has 0 heterocycles. The van der Waals surface area contributed by atoms with Crippen LogP contribution < -0.4 is 9.21 Å². The summed E-state index contributed by atoms with van der Waals surface area (Å²) in [5, 5.41) is 10.9. The molecule has 154 valence electrons. The lowest BCUT2D eigenvalue weighted by Gasteiger charge is -2.26. The van der Waals surface area contributed by atoms with Crippen LogP contribution in [0.15, 0.2) is 89.8 Å². The number of hydrogen-bond donors (Lipinski definition) is 0. The fourth-order valence-electron chi connectivity index (χ4n) is 2.80. The van der Waals surface area contributed by atoms with Gasteiger partial charge in [-0.05, 0) is 36.4 Å². The quantitative estimate of drug-likeness (QED) is 0.426. The first-order valence-electron chi connectivity index (χ1n) is 8.94. The van der Waals surface area contributed by atoms with Gasteiger partial charge in [0.25, 0.3) is 15.7 Å². The number of benzene rings is 3. The molecule has 0 atom stereocenters. The van der Waals surface area contributed by atoms with Gasteiger partial charge >= 0.3 is 0 Å². The van der Waals surface area contributed by atoms with Crippen LogP contribution in [-0.4, -0.2) is 32.8 Å². The van der Waals surface area contributed by atoms with Crippen molar-refractivity contribution in [1.82, 2.24) is 0 Å². The maximum absolute atomic E-state index is 13.3. The van der Waals surface area contributed by atoms with E-state index in [1.807, 2.05) is 6.07 Å². The highest BCUT2D eigenvalue weighted by atomic mass is 32.2. The van der Waals surface area contributed by atoms with Crippen LogP contribution in [0.5, 0.6) is 0 Å². The Bertz CT molecular complexity index is 1130. The highest BCUT2D eigenvalue weighted by Crippen LogP contribution is 2.26. The molecule has 0 saturated carbocycles. The van der Waals surface area contributed by atoms with Crippen molar-refractivity contribution < 1.29 is 18.1 Å². The predicted octanol–water partition coefficient (Wildman–Crippen LogP) is 3.45. The molecule has 0 radical (unpaired) electrons. The highest BCUT2D eigenvalue weighted by Gasteiger charge is 2.28. The van der Waals surface area contributed by atoms with Crippen LogP contribution in [0.1, 0.15) is 0 Å². The number of hydrogen-bond acceptors (Lipinski definition) is 5. The molecule has 0 unspecified atom stereocenters. The summed E-state index contributed by atoms with van der Waals surface area (Å²) in [6.45, 7) is -0.472. The highest BCUT2D eigenvalue weighted by molar-refractivity contribution is 7.92. The molecule has 8 nitrogen and oxygen atoms in total. The minimum Gasteiger partial charge on any atom is -0.314 e. The Morgan fingerprint density at radius 3 is 1.93 bits per heavy atom. The van der Waals surface area contributed by atoms with E-state index >= 15 is 0 Å². The first-order chi connectivity index (χ1) is 14.3. The zero-order chi connectivity index (χ0) is 21.7. The number of likely N-dealkylation sites (N-methyl/N-ethyl adjacent to an activating group) is 1. The molecule has 0 bridgehead atoms. The van der Waals surface area contributed by atoms with Crippen molar-refractivity contribution >= 4 is 33.0 Å². The number of sulfonamides is 1. The molecule has 0 aromatic heterocycles. The molecule has 3 rings (SSSR count). The van der Waals surface area contributed by atoms with E-state index in [4.69, 9.17) is 0 Å². The van der Waals surface area contributed by atoms with E-state index in [0.717, 1.165) is 4.31 Å². The zero-order valence-electron chi connectivity index (χ0n) is 16.1. The molecule has 0 aliphatic carbocycles. The van der Waals surface area contributed by atoms with E-state index in [9.17, 15) is 23.3 Å². The maximum Gasteiger partial charge on any atom is 0.269 e. The topological polar surface area (TPSA) is 101 Å². The second kappa shape index (κ2) is 8.75. The maximum atomic E-state index is 13.3. The van der Waals surface area contributed by atoms with Crippen LogP contribution in [-0.2, 0) is 14.8 Å². The van der Waals surface area contributed by atoms with Crippen molar-refractivity contribution in [1.29, 1.82) is 0 Å². The van der Waals surface area contributed by atoms with E-state index < -0.39 is 27.4 Å². The lowest BCUT2D eigenvalue weighted by atomic mass is 10.2. The number of nitro groups is 1. The number of anilines is 2. The fourth-order valence-corrected chi connectivity index (χ4v) is 4.24. The van der Waals surface area contributed by atoms with Gasteiger partial charge in [-0.15, -0.1) is 0 Å². The Kier molecular flexibility index (Phi) is 6.12. The fraction of sp³-hybridized carbons (Fsp3) is 0.0952. The summed E-state index contributed by atoms with van der Waals surface area (Å²) >= 11 is 0. The van der Waals surface area contributed by atoms with Gasteiger partial charge in [-0.25, -0.2) is 8.42 Å². The largest absolute Gasteiger partial charge is 0.314 e. The third-order valence-electron chi connectivity index (χ3n) is 4.48. The van der Waals surface area contributed by atoms with Crippen molar-refractivity contribution in [3.8, 4) is 0 Å². The van der Waals surface area contributed by atoms with Crippen LogP contribution in [0.4, 0.5) is 17.1 Å². The Morgan fingerprint density at radius 2 is 1.40 bits per heavy atom. The standard InChI is InChI=1S/C21H19N3O5S/c1-22(17-8-4-2-5-9-17)21(25)16-23(18-12-14-19(15-13-18)24(26)27)30(28,29)20-10-6-3-7-11-20/h2-15H,16H2,1H3. The molecule has 0 spiro atoms. The molecule has 0 aliphatic rings. The molecule has 0 saturated heterocycles. The van der Waals surface area contributed by atoms with Gasteiger partial charge in [-0.2, -0.15) is 0 Å². The Hall–Kier alpha value is -3.72. The average Bonchev–Trinajstić information content (AvgIpc) is 2.78. The number of rotatable bonds is 7. The lowest BCUT2D eigenvalue weighted by Crippen LogP contribution is -2.41. The van der Waals surface area contributed by atoms with Crippen LogP contribution in [0.2, 0.25) is 0 Å². The smallest absolute Gasteiger partial charge is 0.269 e. The second-order valence-corrected chi connectivity index (χ2v) is 8.25. The molecule has 3 aromatic carbocycles. The van der Waals surface area contributed by atoms with Gasteiger partial charge < -0.3 is 4.90 Å². The Balaban J connectivity index is 1.99. The third kappa shape index (κ3) is 4.47. The number of nitro benzene ring substituents is 1. The van der Waals surface area contributed by atoms with Crippen LogP contribution >= 0.6 is 0 Å². The van der Waals surface area contributed by atoms with Gasteiger partial charge in [0.2, 0.25) is 5.91 Å². The number of carbonyl (C=O) groups is 1. The minimum atomic E-state index is -4.08. The van der Waals surface area contributed by atoms with Crippen molar-refractivity contribution in [3.63, 3.8) is 0 Å². The number of nitrogens with zero attached hydrogens (tertiary/aromatic N) is 3. The summed E-state index contributed by atoms with van der Waals surface area (Å²) in [7, 11) is -2.53. The first-order valence-corrected chi connectivity index (χ1v) is 10.4. The summed E-state index contributed by atoms with van der Waals surface area (Å²) in [5.41, 5.74) is 0.589. The van der Waals surface area contributed by atoms with E-state index in [2.05, 4.69) is 0 Å². The van der Waals surface area contributed by atoms with Gasteiger partial charge in [-0.1, -0.05) is 36.4 Å². The van der Waals surface area contributed by atoms with E-state index in [1.54, 1.807) is 49.5 Å². The van der Waals surface area contributed by atoms with Gasteiger partial charge in [0, 0.05) is 24.9 Å². The molecule has 0 N–H and O–H groups in total. The Labute approximate surface area is 174 Å². The van der Waals surface area contributed by atoms with E-state index in [1.165, 1.54) is 41.3 Å². The third-order valence-corrected chi connectivity index (χ3v) is 6.26. The van der Waals surface area contributed by atoms with Gasteiger partial charge in [-0.3, -0.25) is 19.2 Å². The predicted molar refractivity (Wildman–Crippen MR) is 114 cm³/mol. The lowest BCUT2D eigenvalue weighted by molar-refractivity contribution is -0.384. The van der Waals surface area contributed by atoms with Crippen LogP contribution in [0.25, 0.3) is 0 Å². The van der Waals surface area contributed by atoms with Crippen LogP contribution in [0.3, 0.4) is 0 Å². The molecule has 0 aliphatic heterocycles. The molecule has 9 heteroatoms. The van der Waals surface area contributed by atoms with Crippen molar-refractivity contribution in [3.05, 3.63) is 95.0 Å². The monoisotopic (exact) mass is 425 g/mol. The molecular weight excluding hydrogens is 406 g/mol. The summed E-state index contributed by atoms with van der Waals surface area (Å²) < 4.78 is 27.5. The summed E-state index contributed by atoms with van der Waals surface area (Å²) in [6.07, 6.45) is 0. The van der Waals surface area contributed by atoms with Gasteiger partial charge in [0.05, 0.1) is 15.5 Å². The molecule has 1 amide bonds.